The molecule has 2 unspecified atom stereocenters. The molecule has 0 radical (unpaired) electrons. The van der Waals surface area contributed by atoms with Crippen molar-refractivity contribution in [3.63, 3.8) is 0 Å². The summed E-state index contributed by atoms with van der Waals surface area (Å²) < 4.78 is 6.05. The van der Waals surface area contributed by atoms with Crippen LogP contribution in [0.1, 0.15) is 37.7 Å². The first-order chi connectivity index (χ1) is 10.4. The maximum atomic E-state index is 6.05. The lowest BCUT2D eigenvalue weighted by Crippen LogP contribution is -2.37. The Kier molecular flexibility index (Phi) is 5.15. The molecule has 2 atom stereocenters. The van der Waals surface area contributed by atoms with Gasteiger partial charge >= 0.3 is 0 Å². The molecule has 1 saturated carbocycles. The van der Waals surface area contributed by atoms with Crippen molar-refractivity contribution in [3.8, 4) is 5.75 Å². The second-order valence-electron chi connectivity index (χ2n) is 6.42. The van der Waals surface area contributed by atoms with Gasteiger partial charge in [0.15, 0.2) is 0 Å². The lowest BCUT2D eigenvalue weighted by Gasteiger charge is -2.31. The van der Waals surface area contributed by atoms with Gasteiger partial charge in [0.05, 0.1) is 0 Å². The number of rotatable bonds is 6. The van der Waals surface area contributed by atoms with Crippen LogP contribution < -0.4 is 10.1 Å². The van der Waals surface area contributed by atoms with Crippen molar-refractivity contribution in [1.82, 2.24) is 10.2 Å². The van der Waals surface area contributed by atoms with Gasteiger partial charge in [-0.05, 0) is 44.8 Å². The van der Waals surface area contributed by atoms with Crippen LogP contribution in [0.4, 0.5) is 0 Å². The first-order valence-electron chi connectivity index (χ1n) is 8.48. The number of nitrogens with one attached hydrogen (secondary N) is 1. The number of fused-ring (bicyclic) bond motifs is 1. The third-order valence-electron chi connectivity index (χ3n) is 5.10. The Bertz CT molecular complexity index is 449. The number of para-hydroxylation sites is 1. The van der Waals surface area contributed by atoms with Crippen molar-refractivity contribution in [2.24, 2.45) is 5.92 Å². The highest BCUT2D eigenvalue weighted by molar-refractivity contribution is 5.33. The van der Waals surface area contributed by atoms with Crippen LogP contribution in [0.3, 0.4) is 0 Å². The molecule has 0 bridgehead atoms. The topological polar surface area (TPSA) is 24.5 Å². The summed E-state index contributed by atoms with van der Waals surface area (Å²) in [6, 6.07) is 9.20. The minimum Gasteiger partial charge on any atom is -0.492 e. The van der Waals surface area contributed by atoms with Crippen LogP contribution in [-0.4, -0.2) is 37.7 Å². The van der Waals surface area contributed by atoms with Crippen molar-refractivity contribution < 1.29 is 4.74 Å². The maximum absolute atomic E-state index is 6.05. The molecule has 0 aromatic heterocycles. The zero-order valence-electron chi connectivity index (χ0n) is 13.2. The highest BCUT2D eigenvalue weighted by atomic mass is 16.5. The molecule has 3 rings (SSSR count). The predicted octanol–water partition coefficient (Wildman–Crippen LogP) is 3.05. The number of benzene rings is 1. The van der Waals surface area contributed by atoms with Crippen molar-refractivity contribution in [2.45, 2.75) is 44.7 Å². The molecule has 2 fully saturated rings. The SMILES string of the molecule is CNCc1ccccc1OCCN1CCC2CCCCC21. The molecule has 1 heterocycles. The van der Waals surface area contributed by atoms with Gasteiger partial charge in [-0.15, -0.1) is 0 Å². The van der Waals surface area contributed by atoms with Gasteiger partial charge in [0.1, 0.15) is 12.4 Å². The average Bonchev–Trinajstić information content (AvgIpc) is 2.93. The molecule has 1 N–H and O–H groups in total. The van der Waals surface area contributed by atoms with E-state index in [1.54, 1.807) is 0 Å². The Balaban J connectivity index is 1.50. The fourth-order valence-electron chi connectivity index (χ4n) is 4.03. The highest BCUT2D eigenvalue weighted by Gasteiger charge is 2.35. The summed E-state index contributed by atoms with van der Waals surface area (Å²) in [6.45, 7) is 4.03. The third-order valence-corrected chi connectivity index (χ3v) is 5.10. The third kappa shape index (κ3) is 3.58. The van der Waals surface area contributed by atoms with Gasteiger partial charge in [0.2, 0.25) is 0 Å². The van der Waals surface area contributed by atoms with Crippen LogP contribution in [0.5, 0.6) is 5.75 Å². The minimum atomic E-state index is 0.809. The monoisotopic (exact) mass is 288 g/mol. The molecule has 21 heavy (non-hydrogen) atoms. The summed E-state index contributed by atoms with van der Waals surface area (Å²) in [6.07, 6.45) is 7.13. The molecule has 116 valence electrons. The lowest BCUT2D eigenvalue weighted by atomic mass is 9.85. The zero-order chi connectivity index (χ0) is 14.5. The minimum absolute atomic E-state index is 0.809. The molecule has 1 saturated heterocycles. The number of ether oxygens (including phenoxy) is 1. The van der Waals surface area contributed by atoms with Gasteiger partial charge < -0.3 is 10.1 Å². The zero-order valence-corrected chi connectivity index (χ0v) is 13.2. The van der Waals surface area contributed by atoms with Crippen molar-refractivity contribution in [1.29, 1.82) is 0 Å². The second-order valence-corrected chi connectivity index (χ2v) is 6.42. The Labute approximate surface area is 128 Å². The van der Waals surface area contributed by atoms with E-state index in [1.807, 2.05) is 7.05 Å². The summed E-state index contributed by atoms with van der Waals surface area (Å²) in [5, 5.41) is 3.20. The highest BCUT2D eigenvalue weighted by Crippen LogP contribution is 2.35. The first-order valence-corrected chi connectivity index (χ1v) is 8.48. The average molecular weight is 288 g/mol. The number of hydrogen-bond acceptors (Lipinski definition) is 3. The molecule has 3 heteroatoms. The van der Waals surface area contributed by atoms with E-state index in [9.17, 15) is 0 Å². The number of likely N-dealkylation sites (tertiary alicyclic amines) is 1. The van der Waals surface area contributed by atoms with E-state index < -0.39 is 0 Å². The van der Waals surface area contributed by atoms with E-state index in [4.69, 9.17) is 4.74 Å². The molecule has 0 amide bonds. The van der Waals surface area contributed by atoms with Crippen LogP contribution >= 0.6 is 0 Å². The van der Waals surface area contributed by atoms with Gasteiger partial charge in [-0.1, -0.05) is 31.0 Å². The van der Waals surface area contributed by atoms with E-state index >= 15 is 0 Å². The fourth-order valence-corrected chi connectivity index (χ4v) is 4.03. The lowest BCUT2D eigenvalue weighted by molar-refractivity contribution is 0.154. The largest absolute Gasteiger partial charge is 0.492 e. The molecular weight excluding hydrogens is 260 g/mol. The second kappa shape index (κ2) is 7.28. The van der Waals surface area contributed by atoms with Gasteiger partial charge in [-0.3, -0.25) is 4.90 Å². The Morgan fingerprint density at radius 1 is 1.19 bits per heavy atom. The Morgan fingerprint density at radius 2 is 2.05 bits per heavy atom. The smallest absolute Gasteiger partial charge is 0.123 e. The van der Waals surface area contributed by atoms with Crippen LogP contribution in [0.15, 0.2) is 24.3 Å². The summed E-state index contributed by atoms with van der Waals surface area (Å²) >= 11 is 0. The Morgan fingerprint density at radius 3 is 2.95 bits per heavy atom. The maximum Gasteiger partial charge on any atom is 0.123 e. The van der Waals surface area contributed by atoms with Crippen molar-refractivity contribution in [2.75, 3.05) is 26.7 Å². The number of hydrogen-bond donors (Lipinski definition) is 1. The predicted molar refractivity (Wildman–Crippen MR) is 86.6 cm³/mol. The quantitative estimate of drug-likeness (QED) is 0.871. The van der Waals surface area contributed by atoms with Crippen LogP contribution in [0.25, 0.3) is 0 Å². The molecule has 1 aliphatic carbocycles. The van der Waals surface area contributed by atoms with E-state index in [2.05, 4.69) is 34.5 Å². The van der Waals surface area contributed by atoms with E-state index in [0.29, 0.717) is 0 Å². The normalized spacial score (nSPS) is 25.8. The van der Waals surface area contributed by atoms with Crippen molar-refractivity contribution in [3.05, 3.63) is 29.8 Å². The van der Waals surface area contributed by atoms with Gasteiger partial charge in [-0.25, -0.2) is 0 Å². The van der Waals surface area contributed by atoms with E-state index in [-0.39, 0.29) is 0 Å². The standard InChI is InChI=1S/C18H28N2O/c1-19-14-16-7-3-5-9-18(16)21-13-12-20-11-10-15-6-2-4-8-17(15)20/h3,5,7,9,15,17,19H,2,4,6,8,10-14H2,1H3. The van der Waals surface area contributed by atoms with Crippen LogP contribution in [0, 0.1) is 5.92 Å². The van der Waals surface area contributed by atoms with Gasteiger partial charge in [0.25, 0.3) is 0 Å². The molecule has 3 nitrogen and oxygen atoms in total. The summed E-state index contributed by atoms with van der Waals surface area (Å²) in [5.74, 6) is 2.00. The molecule has 2 aliphatic rings. The molecular formula is C18H28N2O. The summed E-state index contributed by atoms with van der Waals surface area (Å²) in [4.78, 5) is 2.67. The van der Waals surface area contributed by atoms with E-state index in [1.165, 1.54) is 44.2 Å². The van der Waals surface area contributed by atoms with Crippen LogP contribution in [0.2, 0.25) is 0 Å². The molecule has 0 spiro atoms. The van der Waals surface area contributed by atoms with E-state index in [0.717, 1.165) is 37.4 Å². The number of nitrogens with zero attached hydrogens (tertiary/aromatic N) is 1. The molecule has 1 aromatic rings. The molecule has 1 aliphatic heterocycles. The van der Waals surface area contributed by atoms with Gasteiger partial charge in [-0.2, -0.15) is 0 Å². The molecule has 1 aromatic carbocycles. The van der Waals surface area contributed by atoms with Crippen LogP contribution in [-0.2, 0) is 6.54 Å². The first kappa shape index (κ1) is 14.9. The van der Waals surface area contributed by atoms with Crippen molar-refractivity contribution >= 4 is 0 Å². The summed E-state index contributed by atoms with van der Waals surface area (Å²) in [5.41, 5.74) is 1.25. The fraction of sp³-hybridized carbons (Fsp3) is 0.667. The van der Waals surface area contributed by atoms with Gasteiger partial charge in [0, 0.05) is 24.7 Å². The Hall–Kier alpha value is -1.06. The summed E-state index contributed by atoms with van der Waals surface area (Å²) in [7, 11) is 1.98.